The van der Waals surface area contributed by atoms with E-state index in [0.29, 0.717) is 31.6 Å². The van der Waals surface area contributed by atoms with Crippen LogP contribution in [0.1, 0.15) is 29.9 Å². The summed E-state index contributed by atoms with van der Waals surface area (Å²) < 4.78 is 72.1. The van der Waals surface area contributed by atoms with Crippen molar-refractivity contribution in [2.75, 3.05) is 11.4 Å². The van der Waals surface area contributed by atoms with E-state index in [2.05, 4.69) is 14.7 Å². The summed E-state index contributed by atoms with van der Waals surface area (Å²) in [5, 5.41) is 3.07. The van der Waals surface area contributed by atoms with Gasteiger partial charge < -0.3 is 9.42 Å². The van der Waals surface area contributed by atoms with E-state index in [1.54, 1.807) is 4.90 Å². The molecule has 0 radical (unpaired) electrons. The highest BCUT2D eigenvalue weighted by Gasteiger charge is 2.42. The summed E-state index contributed by atoms with van der Waals surface area (Å²) in [6, 6.07) is 7.86. The first-order valence-electron chi connectivity index (χ1n) is 10.7. The van der Waals surface area contributed by atoms with Crippen LogP contribution in [0.15, 0.2) is 40.9 Å². The van der Waals surface area contributed by atoms with E-state index in [9.17, 15) is 27.2 Å². The summed E-state index contributed by atoms with van der Waals surface area (Å²) in [6.07, 6.45) is -4.24. The zero-order valence-electron chi connectivity index (χ0n) is 18.0. The number of hydrogen-bond donors (Lipinski definition) is 0. The van der Waals surface area contributed by atoms with Crippen LogP contribution in [0.25, 0.3) is 11.4 Å². The lowest BCUT2D eigenvalue weighted by atomic mass is 9.99. The summed E-state index contributed by atoms with van der Waals surface area (Å²) in [5.74, 6) is -5.74. The molecule has 1 fully saturated rings. The Labute approximate surface area is 195 Å². The third kappa shape index (κ3) is 4.13. The molecule has 0 saturated carbocycles. The molecule has 3 heterocycles. The first-order valence-corrected chi connectivity index (χ1v) is 10.7. The molecule has 0 N–H and O–H groups in total. The molecule has 182 valence electrons. The summed E-state index contributed by atoms with van der Waals surface area (Å²) in [5.41, 5.74) is 0.939. The predicted octanol–water partition coefficient (Wildman–Crippen LogP) is 4.11. The van der Waals surface area contributed by atoms with Crippen molar-refractivity contribution in [3.05, 3.63) is 65.1 Å². The van der Waals surface area contributed by atoms with Gasteiger partial charge in [0.1, 0.15) is 17.7 Å². The minimum absolute atomic E-state index is 0.0383. The molecule has 2 aromatic carbocycles. The molecule has 7 nitrogen and oxygen atoms in total. The van der Waals surface area contributed by atoms with Crippen LogP contribution in [0.5, 0.6) is 0 Å². The lowest BCUT2D eigenvalue weighted by Crippen LogP contribution is -2.48. The number of carbonyl (C=O) groups is 2. The van der Waals surface area contributed by atoms with E-state index in [0.717, 1.165) is 16.0 Å². The van der Waals surface area contributed by atoms with E-state index in [1.807, 2.05) is 24.3 Å². The number of alkyl halides is 3. The van der Waals surface area contributed by atoms with E-state index in [4.69, 9.17) is 0 Å². The van der Waals surface area contributed by atoms with E-state index >= 15 is 4.39 Å². The second-order valence-electron chi connectivity index (χ2n) is 8.30. The number of carbonyl (C=O) groups excluding carboxylic acids is 2. The fourth-order valence-electron chi connectivity index (χ4n) is 4.45. The quantitative estimate of drug-likeness (QED) is 0.514. The number of nitrogens with zero attached hydrogens (tertiary/aromatic N) is 4. The minimum atomic E-state index is -4.95. The van der Waals surface area contributed by atoms with Gasteiger partial charge in [-0.3, -0.25) is 14.5 Å². The number of anilines is 1. The lowest BCUT2D eigenvalue weighted by molar-refractivity contribution is -0.159. The highest BCUT2D eigenvalue weighted by molar-refractivity contribution is 6.04. The Morgan fingerprint density at radius 2 is 1.80 bits per heavy atom. The Kier molecular flexibility index (Phi) is 5.53. The lowest BCUT2D eigenvalue weighted by Gasteiger charge is -2.33. The molecule has 0 unspecified atom stereocenters. The first kappa shape index (κ1) is 22.9. The maximum absolute atomic E-state index is 15.1. The molecule has 35 heavy (non-hydrogen) atoms. The van der Waals surface area contributed by atoms with Crippen LogP contribution in [0.3, 0.4) is 0 Å². The van der Waals surface area contributed by atoms with Crippen LogP contribution >= 0.6 is 0 Å². The molecule has 1 saturated heterocycles. The summed E-state index contributed by atoms with van der Waals surface area (Å²) >= 11 is 0. The number of amides is 2. The van der Waals surface area contributed by atoms with Gasteiger partial charge in [-0.2, -0.15) is 18.2 Å². The van der Waals surface area contributed by atoms with Crippen LogP contribution in [0.2, 0.25) is 0 Å². The number of halogens is 5. The van der Waals surface area contributed by atoms with E-state index in [-0.39, 0.29) is 18.7 Å². The van der Waals surface area contributed by atoms with Crippen molar-refractivity contribution in [3.8, 4) is 11.4 Å². The van der Waals surface area contributed by atoms with Crippen LogP contribution in [-0.4, -0.2) is 39.4 Å². The topological polar surface area (TPSA) is 79.5 Å². The minimum Gasteiger partial charge on any atom is -0.336 e. The normalized spacial score (nSPS) is 18.2. The van der Waals surface area contributed by atoms with Crippen LogP contribution in [-0.2, 0) is 28.7 Å². The Balaban J connectivity index is 1.43. The van der Waals surface area contributed by atoms with Crippen molar-refractivity contribution in [1.82, 2.24) is 15.0 Å². The molecule has 5 rings (SSSR count). The van der Waals surface area contributed by atoms with Crippen molar-refractivity contribution in [2.45, 2.75) is 38.0 Å². The molecule has 3 aromatic rings. The van der Waals surface area contributed by atoms with Crippen molar-refractivity contribution in [1.29, 1.82) is 0 Å². The molecule has 2 aliphatic heterocycles. The highest BCUT2D eigenvalue weighted by Crippen LogP contribution is 2.35. The van der Waals surface area contributed by atoms with Crippen LogP contribution in [0, 0.1) is 11.6 Å². The largest absolute Gasteiger partial charge is 0.471 e. The SMILES string of the molecule is O=C([C@@H]1CCC(=O)N1c1cc(F)c(-c2noc(C(F)(F)F)n2)cc1F)N1CCc2ccccc2C1. The Hall–Kier alpha value is -3.83. The van der Waals surface area contributed by atoms with Crippen LogP contribution < -0.4 is 4.90 Å². The maximum Gasteiger partial charge on any atom is 0.471 e. The highest BCUT2D eigenvalue weighted by atomic mass is 19.4. The molecule has 1 aromatic heterocycles. The first-order chi connectivity index (χ1) is 16.6. The van der Waals surface area contributed by atoms with Gasteiger partial charge >= 0.3 is 12.1 Å². The number of fused-ring (bicyclic) bond motifs is 1. The molecule has 0 bridgehead atoms. The summed E-state index contributed by atoms with van der Waals surface area (Å²) in [6.45, 7) is 0.756. The average Bonchev–Trinajstić information content (AvgIpc) is 3.47. The van der Waals surface area contributed by atoms with Crippen LogP contribution in [0.4, 0.5) is 27.6 Å². The van der Waals surface area contributed by atoms with Gasteiger partial charge in [0.15, 0.2) is 0 Å². The zero-order valence-corrected chi connectivity index (χ0v) is 18.0. The third-order valence-electron chi connectivity index (χ3n) is 6.14. The van der Waals surface area contributed by atoms with Gasteiger partial charge in [-0.05, 0) is 30.0 Å². The Bertz CT molecular complexity index is 1320. The van der Waals surface area contributed by atoms with Crippen molar-refractivity contribution in [3.63, 3.8) is 0 Å². The van der Waals surface area contributed by atoms with Gasteiger partial charge in [0.05, 0.1) is 11.3 Å². The smallest absolute Gasteiger partial charge is 0.336 e. The summed E-state index contributed by atoms with van der Waals surface area (Å²) in [7, 11) is 0. The molecular weight excluding hydrogens is 475 g/mol. The van der Waals surface area contributed by atoms with Crippen molar-refractivity contribution in [2.24, 2.45) is 0 Å². The van der Waals surface area contributed by atoms with Gasteiger partial charge in [0.25, 0.3) is 0 Å². The fraction of sp³-hybridized carbons (Fsp3) is 0.304. The zero-order chi connectivity index (χ0) is 24.9. The number of benzene rings is 2. The maximum atomic E-state index is 15.1. The van der Waals surface area contributed by atoms with Gasteiger partial charge in [0, 0.05) is 25.6 Å². The van der Waals surface area contributed by atoms with Gasteiger partial charge in [-0.25, -0.2) is 8.78 Å². The number of rotatable bonds is 3. The third-order valence-corrected chi connectivity index (χ3v) is 6.14. The standard InChI is InChI=1S/C23H17F5N4O3/c24-15-10-18(16(25)9-14(15)20-29-22(35-30-20)23(26,27)28)32-17(5-6-19(32)33)21(34)31-8-7-12-3-1-2-4-13(12)11-31/h1-4,9-10,17H,5-8,11H2/t17-/m0/s1. The second-order valence-corrected chi connectivity index (χ2v) is 8.30. The Morgan fingerprint density at radius 3 is 2.51 bits per heavy atom. The monoisotopic (exact) mass is 492 g/mol. The Morgan fingerprint density at radius 1 is 1.06 bits per heavy atom. The molecular formula is C23H17F5N4O3. The molecule has 0 aliphatic carbocycles. The van der Waals surface area contributed by atoms with E-state index in [1.165, 1.54) is 0 Å². The molecule has 2 aliphatic rings. The van der Waals surface area contributed by atoms with Gasteiger partial charge in [0.2, 0.25) is 17.6 Å². The summed E-state index contributed by atoms with van der Waals surface area (Å²) in [4.78, 5) is 31.5. The second kappa shape index (κ2) is 8.43. The predicted molar refractivity (Wildman–Crippen MR) is 111 cm³/mol. The molecule has 12 heteroatoms. The molecule has 2 amide bonds. The van der Waals surface area contributed by atoms with E-state index < -0.39 is 52.7 Å². The number of aromatic nitrogens is 2. The molecule has 0 spiro atoms. The van der Waals surface area contributed by atoms with Crippen molar-refractivity contribution >= 4 is 17.5 Å². The van der Waals surface area contributed by atoms with Gasteiger partial charge in [-0.1, -0.05) is 29.4 Å². The molecule has 1 atom stereocenters. The number of hydrogen-bond acceptors (Lipinski definition) is 5. The van der Waals surface area contributed by atoms with Gasteiger partial charge in [-0.15, -0.1) is 0 Å². The van der Waals surface area contributed by atoms with Crippen molar-refractivity contribution < 1.29 is 36.1 Å². The fourth-order valence-corrected chi connectivity index (χ4v) is 4.45. The average molecular weight is 492 g/mol.